The van der Waals surface area contributed by atoms with Crippen LogP contribution in [0.3, 0.4) is 0 Å². The number of nitrogens with zero attached hydrogens (tertiary/aromatic N) is 2. The van der Waals surface area contributed by atoms with E-state index in [2.05, 4.69) is 10.3 Å². The second-order valence-electron chi connectivity index (χ2n) is 11.6. The molecular weight excluding hydrogens is 545 g/mol. The molecule has 0 aliphatic carbocycles. The van der Waals surface area contributed by atoms with Gasteiger partial charge in [0.15, 0.2) is 14.4 Å². The van der Waals surface area contributed by atoms with Gasteiger partial charge in [-0.2, -0.15) is 13.2 Å². The number of carbonyl (C=O) groups is 1. The zero-order valence-electron chi connectivity index (χ0n) is 23.6. The lowest BCUT2D eigenvalue weighted by Gasteiger charge is -2.42. The van der Waals surface area contributed by atoms with Gasteiger partial charge in [-0.15, -0.1) is 0 Å². The third-order valence-corrected chi connectivity index (χ3v) is 11.7. The van der Waals surface area contributed by atoms with Crippen LogP contribution in [0.4, 0.5) is 13.2 Å². The van der Waals surface area contributed by atoms with Gasteiger partial charge in [0.1, 0.15) is 12.1 Å². The number of rotatable bonds is 8. The van der Waals surface area contributed by atoms with Gasteiger partial charge in [-0.05, 0) is 42.2 Å². The van der Waals surface area contributed by atoms with Crippen LogP contribution in [0.2, 0.25) is 18.1 Å². The number of carbonyl (C=O) groups excluding carboxylic acids is 1. The minimum Gasteiger partial charge on any atom is -0.404 e. The molecule has 0 radical (unpaired) electrons. The van der Waals surface area contributed by atoms with Gasteiger partial charge in [-0.3, -0.25) is 14.4 Å². The zero-order valence-corrected chi connectivity index (χ0v) is 24.6. The average Bonchev–Trinajstić information content (AvgIpc) is 2.82. The largest absolute Gasteiger partial charge is 0.415 e. The highest BCUT2D eigenvalue weighted by molar-refractivity contribution is 6.74. The summed E-state index contributed by atoms with van der Waals surface area (Å²) < 4.78 is 50.2. The summed E-state index contributed by atoms with van der Waals surface area (Å²) in [6, 6.07) is 7.98. The number of pyridine rings is 1. The Morgan fingerprint density at radius 1 is 1.02 bits per heavy atom. The van der Waals surface area contributed by atoms with E-state index in [0.29, 0.717) is 5.69 Å². The number of aromatic amines is 1. The first kappa shape index (κ1) is 31.1. The van der Waals surface area contributed by atoms with Gasteiger partial charge < -0.3 is 19.3 Å². The maximum absolute atomic E-state index is 14.2. The van der Waals surface area contributed by atoms with E-state index in [0.717, 1.165) is 9.13 Å². The number of alkyl halides is 3. The van der Waals surface area contributed by atoms with E-state index in [1.807, 2.05) is 20.8 Å². The second-order valence-corrected chi connectivity index (χ2v) is 16.4. The number of aromatic nitrogens is 3. The van der Waals surface area contributed by atoms with Crippen LogP contribution >= 0.6 is 0 Å². The second kappa shape index (κ2) is 11.2. The van der Waals surface area contributed by atoms with Crippen molar-refractivity contribution in [3.63, 3.8) is 0 Å². The third kappa shape index (κ3) is 6.47. The zero-order chi connectivity index (χ0) is 30.2. The number of H-pyrrole nitrogens is 1. The first-order valence-electron chi connectivity index (χ1n) is 12.8. The molecule has 0 bridgehead atoms. The standard InChI is InChI=1S/C27H35F3N4O5Si/c1-16(2)20(22(27(28,29)30)39-40(6,7)26(3,4)5)31-19(35)15-33-14-13-18-21(24(33)37)32-25(38)34(23(18)36)17-11-9-8-10-12-17/h8-14,16,20,22H,15H2,1-7H3,(H,31,35)(H,32,38). The summed E-state index contributed by atoms with van der Waals surface area (Å²) in [6.07, 6.45) is -5.81. The Hall–Kier alpha value is -3.45. The van der Waals surface area contributed by atoms with E-state index in [4.69, 9.17) is 4.43 Å². The highest BCUT2D eigenvalue weighted by Crippen LogP contribution is 2.41. The van der Waals surface area contributed by atoms with Crippen LogP contribution in [-0.2, 0) is 15.8 Å². The molecule has 0 saturated carbocycles. The highest BCUT2D eigenvalue weighted by atomic mass is 28.4. The van der Waals surface area contributed by atoms with Gasteiger partial charge in [0.2, 0.25) is 5.91 Å². The summed E-state index contributed by atoms with van der Waals surface area (Å²) in [5.74, 6) is -1.50. The maximum Gasteiger partial charge on any atom is 0.415 e. The van der Waals surface area contributed by atoms with Gasteiger partial charge in [-0.25, -0.2) is 9.36 Å². The van der Waals surface area contributed by atoms with E-state index in [1.54, 1.807) is 57.3 Å². The van der Waals surface area contributed by atoms with Crippen molar-refractivity contribution < 1.29 is 22.4 Å². The maximum atomic E-state index is 14.2. The molecule has 0 saturated heterocycles. The van der Waals surface area contributed by atoms with Crippen LogP contribution < -0.4 is 22.1 Å². The van der Waals surface area contributed by atoms with Crippen molar-refractivity contribution in [3.8, 4) is 5.69 Å². The first-order chi connectivity index (χ1) is 18.3. The molecule has 2 N–H and O–H groups in total. The molecule has 0 aliphatic rings. The van der Waals surface area contributed by atoms with E-state index in [-0.39, 0.29) is 10.9 Å². The van der Waals surface area contributed by atoms with Crippen LogP contribution in [-0.4, -0.2) is 46.7 Å². The molecule has 0 spiro atoms. The molecule has 13 heteroatoms. The smallest absolute Gasteiger partial charge is 0.404 e. The molecule has 218 valence electrons. The van der Waals surface area contributed by atoms with Crippen molar-refractivity contribution in [2.24, 2.45) is 5.92 Å². The summed E-state index contributed by atoms with van der Waals surface area (Å²) in [7, 11) is -2.88. The Labute approximate surface area is 230 Å². The van der Waals surface area contributed by atoms with E-state index in [9.17, 15) is 32.3 Å². The number of fused-ring (bicyclic) bond motifs is 1. The molecule has 40 heavy (non-hydrogen) atoms. The number of halogens is 3. The van der Waals surface area contributed by atoms with Crippen LogP contribution in [0.25, 0.3) is 16.6 Å². The molecule has 2 unspecified atom stereocenters. The van der Waals surface area contributed by atoms with Gasteiger partial charge in [0, 0.05) is 6.20 Å². The molecule has 2 aromatic heterocycles. The Morgan fingerprint density at radius 3 is 2.15 bits per heavy atom. The van der Waals surface area contributed by atoms with E-state index < -0.39 is 66.9 Å². The van der Waals surface area contributed by atoms with Crippen LogP contribution in [0.1, 0.15) is 34.6 Å². The lowest BCUT2D eigenvalue weighted by Crippen LogP contribution is -2.59. The molecule has 2 atom stereocenters. The van der Waals surface area contributed by atoms with E-state index >= 15 is 0 Å². The van der Waals surface area contributed by atoms with Crippen molar-refractivity contribution in [1.29, 1.82) is 0 Å². The summed E-state index contributed by atoms with van der Waals surface area (Å²) in [5, 5.41) is 1.83. The van der Waals surface area contributed by atoms with Crippen LogP contribution in [0.15, 0.2) is 57.0 Å². The van der Waals surface area contributed by atoms with Crippen molar-refractivity contribution in [2.75, 3.05) is 0 Å². The van der Waals surface area contributed by atoms with Crippen LogP contribution in [0.5, 0.6) is 0 Å². The molecular formula is C27H35F3N4O5Si. The van der Waals surface area contributed by atoms with E-state index in [1.165, 1.54) is 12.3 Å². The predicted octanol–water partition coefficient (Wildman–Crippen LogP) is 3.93. The monoisotopic (exact) mass is 580 g/mol. The lowest BCUT2D eigenvalue weighted by atomic mass is 9.98. The highest BCUT2D eigenvalue weighted by Gasteiger charge is 2.52. The number of hydrogen-bond donors (Lipinski definition) is 2. The van der Waals surface area contributed by atoms with Crippen LogP contribution in [0, 0.1) is 5.92 Å². The molecule has 0 fully saturated rings. The number of para-hydroxylation sites is 1. The molecule has 1 aromatic carbocycles. The summed E-state index contributed by atoms with van der Waals surface area (Å²) in [5.41, 5.74) is -2.42. The summed E-state index contributed by atoms with van der Waals surface area (Å²) in [4.78, 5) is 54.1. The van der Waals surface area contributed by atoms with Crippen molar-refractivity contribution >= 4 is 25.1 Å². The summed E-state index contributed by atoms with van der Waals surface area (Å²) >= 11 is 0. The average molecular weight is 581 g/mol. The molecule has 1 amide bonds. The Kier molecular flexibility index (Phi) is 8.70. The van der Waals surface area contributed by atoms with Crippen molar-refractivity contribution in [1.82, 2.24) is 19.4 Å². The minimum atomic E-state index is -4.75. The van der Waals surface area contributed by atoms with Gasteiger partial charge >= 0.3 is 11.9 Å². The fourth-order valence-corrected chi connectivity index (χ4v) is 5.27. The Balaban J connectivity index is 1.94. The molecule has 3 rings (SSSR count). The number of amides is 1. The van der Waals surface area contributed by atoms with Gasteiger partial charge in [0.25, 0.3) is 11.1 Å². The number of nitrogens with one attached hydrogen (secondary N) is 2. The lowest BCUT2D eigenvalue weighted by molar-refractivity contribution is -0.210. The molecule has 9 nitrogen and oxygen atoms in total. The Bertz CT molecular complexity index is 1550. The predicted molar refractivity (Wildman–Crippen MR) is 149 cm³/mol. The van der Waals surface area contributed by atoms with Crippen molar-refractivity contribution in [2.45, 2.75) is 77.6 Å². The Morgan fingerprint density at radius 2 is 1.62 bits per heavy atom. The summed E-state index contributed by atoms with van der Waals surface area (Å²) in [6.45, 7) is 11.3. The first-order valence-corrected chi connectivity index (χ1v) is 15.7. The topological polar surface area (TPSA) is 115 Å². The molecule has 0 aliphatic heterocycles. The SMILES string of the molecule is CC(C)C(NC(=O)Cn1ccc2c(=O)n(-c3ccccc3)c(=O)[nH]c2c1=O)C(O[Si](C)(C)C(C)(C)C)C(F)(F)F. The fraction of sp³-hybridized carbons (Fsp3) is 0.481. The third-order valence-electron chi connectivity index (χ3n) is 7.28. The minimum absolute atomic E-state index is 0.0786. The molecule has 2 heterocycles. The molecule has 3 aromatic rings. The quantitative estimate of drug-likeness (QED) is 0.392. The van der Waals surface area contributed by atoms with Crippen molar-refractivity contribution in [3.05, 3.63) is 73.8 Å². The van der Waals surface area contributed by atoms with Gasteiger partial charge in [-0.1, -0.05) is 52.8 Å². The normalized spacial score (nSPS) is 14.4. The van der Waals surface area contributed by atoms with Gasteiger partial charge in [0.05, 0.1) is 17.1 Å². The fourth-order valence-electron chi connectivity index (χ4n) is 4.00. The number of hydrogen-bond acceptors (Lipinski definition) is 5. The number of benzene rings is 1.